The molecule has 0 aliphatic carbocycles. The molecule has 2 heterocycles. The summed E-state index contributed by atoms with van der Waals surface area (Å²) in [7, 11) is -2.71. The Labute approximate surface area is 408 Å². The highest BCUT2D eigenvalue weighted by molar-refractivity contribution is 7.19. The molecule has 13 aromatic rings. The lowest BCUT2D eigenvalue weighted by Gasteiger charge is -2.34. The number of nitrogens with zero attached hydrogens (tertiary/aromatic N) is 2. The van der Waals surface area contributed by atoms with Gasteiger partial charge in [0.2, 0.25) is 0 Å². The highest BCUT2D eigenvalue weighted by atomic mass is 28.3. The first kappa shape index (κ1) is 41.2. The maximum Gasteiger partial charge on any atom is 0.179 e. The van der Waals surface area contributed by atoms with E-state index in [2.05, 4.69) is 289 Å². The van der Waals surface area contributed by atoms with Crippen LogP contribution in [0.5, 0.6) is 0 Å². The first-order valence-electron chi connectivity index (χ1n) is 24.0. The minimum Gasteiger partial charge on any atom is -0.456 e. The molecule has 0 N–H and O–H groups in total. The largest absolute Gasteiger partial charge is 0.456 e. The van der Waals surface area contributed by atoms with Crippen LogP contribution in [0.25, 0.3) is 71.7 Å². The van der Waals surface area contributed by atoms with E-state index >= 15 is 0 Å². The van der Waals surface area contributed by atoms with Gasteiger partial charge in [-0.3, -0.25) is 0 Å². The van der Waals surface area contributed by atoms with Crippen LogP contribution in [0.1, 0.15) is 0 Å². The van der Waals surface area contributed by atoms with Crippen LogP contribution >= 0.6 is 0 Å². The van der Waals surface area contributed by atoms with Gasteiger partial charge in [0.25, 0.3) is 0 Å². The fourth-order valence-electron chi connectivity index (χ4n) is 11.0. The Hall–Kier alpha value is -8.96. The molecular weight excluding hydrogens is 865 g/mol. The third-order valence-electron chi connectivity index (χ3n) is 14.1. The summed E-state index contributed by atoms with van der Waals surface area (Å²) in [6, 6.07) is 102. The molecule has 0 spiro atoms. The number of hydrogen-bond donors (Lipinski definition) is 0. The number of fused-ring (bicyclic) bond motifs is 6. The lowest BCUT2D eigenvalue weighted by molar-refractivity contribution is 0.669. The van der Waals surface area contributed by atoms with Crippen LogP contribution in [-0.4, -0.2) is 12.6 Å². The van der Waals surface area contributed by atoms with Crippen molar-refractivity contribution in [2.24, 2.45) is 0 Å². The first-order chi connectivity index (χ1) is 34.7. The summed E-state index contributed by atoms with van der Waals surface area (Å²) in [4.78, 5) is 2.34. The third kappa shape index (κ3) is 6.88. The summed E-state index contributed by atoms with van der Waals surface area (Å²) in [6.07, 6.45) is 0. The molecule has 0 atom stereocenters. The van der Waals surface area contributed by atoms with Crippen molar-refractivity contribution < 1.29 is 4.42 Å². The second kappa shape index (κ2) is 17.3. The second-order valence-electron chi connectivity index (χ2n) is 18.0. The van der Waals surface area contributed by atoms with Crippen LogP contribution in [0.2, 0.25) is 0 Å². The number of rotatable bonds is 10. The molecule has 4 heteroatoms. The van der Waals surface area contributed by atoms with E-state index in [1.807, 2.05) is 0 Å². The topological polar surface area (TPSA) is 21.3 Å². The van der Waals surface area contributed by atoms with Crippen molar-refractivity contribution in [1.29, 1.82) is 0 Å². The SMILES string of the molecule is c1ccc(-c2ccc(N(c3ccc(-c4cccc([Si](c5ccccc5)(c5ccccc5)c5ccccc5)c4)cc3)c3ccc4c(c3)oc3cccc(-n5c6ccccc6c6ccccc65)c34)cc2)cc1. The van der Waals surface area contributed by atoms with Crippen molar-refractivity contribution in [1.82, 2.24) is 4.57 Å². The van der Waals surface area contributed by atoms with Crippen LogP contribution in [0, 0.1) is 0 Å². The van der Waals surface area contributed by atoms with Gasteiger partial charge in [-0.05, 0) is 104 Å². The Morgan fingerprint density at radius 2 is 0.743 bits per heavy atom. The van der Waals surface area contributed by atoms with Gasteiger partial charge in [0.1, 0.15) is 11.2 Å². The average Bonchev–Trinajstić information content (AvgIpc) is 3.99. The van der Waals surface area contributed by atoms with Crippen molar-refractivity contribution in [2.45, 2.75) is 0 Å². The smallest absolute Gasteiger partial charge is 0.179 e. The Kier molecular flexibility index (Phi) is 10.2. The van der Waals surface area contributed by atoms with Gasteiger partial charge in [-0.2, -0.15) is 0 Å². The highest BCUT2D eigenvalue weighted by Gasteiger charge is 2.41. The van der Waals surface area contributed by atoms with Crippen LogP contribution in [0.15, 0.2) is 283 Å². The molecule has 0 fully saturated rings. The minimum absolute atomic E-state index is 0.836. The van der Waals surface area contributed by atoms with Crippen LogP contribution < -0.4 is 25.6 Å². The molecule has 0 bridgehead atoms. The van der Waals surface area contributed by atoms with E-state index in [9.17, 15) is 0 Å². The Morgan fingerprint density at radius 3 is 1.31 bits per heavy atom. The molecule has 0 radical (unpaired) electrons. The molecule has 2 aromatic heterocycles. The Balaban J connectivity index is 0.934. The fourth-order valence-corrected chi connectivity index (χ4v) is 15.8. The zero-order chi connectivity index (χ0) is 46.4. The number of hydrogen-bond acceptors (Lipinski definition) is 2. The summed E-state index contributed by atoms with van der Waals surface area (Å²) in [5.74, 6) is 0. The highest BCUT2D eigenvalue weighted by Crippen LogP contribution is 2.42. The van der Waals surface area contributed by atoms with Gasteiger partial charge in [0.05, 0.1) is 22.1 Å². The van der Waals surface area contributed by atoms with Crippen molar-refractivity contribution in [3.05, 3.63) is 279 Å². The zero-order valence-electron chi connectivity index (χ0n) is 38.4. The van der Waals surface area contributed by atoms with E-state index in [4.69, 9.17) is 4.42 Å². The lowest BCUT2D eigenvalue weighted by Crippen LogP contribution is -2.74. The maximum atomic E-state index is 6.83. The standard InChI is InChI=1S/C66H46N2OSi/c1-5-19-47(20-6-1)48-35-39-51(40-36-48)67(53-43-44-60-65(46-53)69-64-34-18-33-63(66(60)64)68-61-31-15-13-29-58(61)59-30-14-16-32-62(59)68)52-41-37-49(38-42-52)50-21-17-28-57(45-50)70(54-22-7-2-8-23-54,55-24-9-3-10-25-55)56-26-11-4-12-27-56/h1-46H. The summed E-state index contributed by atoms with van der Waals surface area (Å²) < 4.78 is 9.22. The molecule has 13 rings (SSSR count). The van der Waals surface area contributed by atoms with E-state index in [-0.39, 0.29) is 0 Å². The maximum absolute atomic E-state index is 6.83. The zero-order valence-corrected chi connectivity index (χ0v) is 39.4. The van der Waals surface area contributed by atoms with Gasteiger partial charge in [0, 0.05) is 39.3 Å². The number of anilines is 3. The van der Waals surface area contributed by atoms with Crippen LogP contribution in [0.4, 0.5) is 17.1 Å². The summed E-state index contributed by atoms with van der Waals surface area (Å²) >= 11 is 0. The molecule has 3 nitrogen and oxygen atoms in total. The summed E-state index contributed by atoms with van der Waals surface area (Å²) in [5, 5.41) is 10.1. The first-order valence-corrected chi connectivity index (χ1v) is 26.0. The van der Waals surface area contributed by atoms with Crippen molar-refractivity contribution in [3.8, 4) is 27.9 Å². The van der Waals surface area contributed by atoms with E-state index in [0.717, 1.165) is 50.3 Å². The molecular formula is C66H46N2OSi. The predicted octanol–water partition coefficient (Wildman–Crippen LogP) is 14.9. The van der Waals surface area contributed by atoms with Gasteiger partial charge in [-0.15, -0.1) is 0 Å². The Morgan fingerprint density at radius 1 is 0.300 bits per heavy atom. The van der Waals surface area contributed by atoms with E-state index in [1.54, 1.807) is 0 Å². The monoisotopic (exact) mass is 910 g/mol. The number of aromatic nitrogens is 1. The quantitative estimate of drug-likeness (QED) is 0.101. The lowest BCUT2D eigenvalue weighted by atomic mass is 10.0. The normalized spacial score (nSPS) is 11.7. The molecule has 0 saturated heterocycles. The van der Waals surface area contributed by atoms with Gasteiger partial charge in [-0.1, -0.05) is 212 Å². The number of benzene rings is 11. The number of para-hydroxylation sites is 2. The van der Waals surface area contributed by atoms with Crippen molar-refractivity contribution >= 4 is 89.6 Å². The second-order valence-corrected chi connectivity index (χ2v) is 21.8. The predicted molar refractivity (Wildman–Crippen MR) is 297 cm³/mol. The van der Waals surface area contributed by atoms with Crippen molar-refractivity contribution in [3.63, 3.8) is 0 Å². The van der Waals surface area contributed by atoms with E-state index in [0.29, 0.717) is 0 Å². The summed E-state index contributed by atoms with van der Waals surface area (Å²) in [6.45, 7) is 0. The molecule has 70 heavy (non-hydrogen) atoms. The van der Waals surface area contributed by atoms with Gasteiger partial charge in [-0.25, -0.2) is 0 Å². The van der Waals surface area contributed by atoms with Gasteiger partial charge >= 0.3 is 0 Å². The molecule has 0 amide bonds. The third-order valence-corrected chi connectivity index (χ3v) is 18.9. The average molecular weight is 911 g/mol. The van der Waals surface area contributed by atoms with Gasteiger partial charge in [0.15, 0.2) is 8.07 Å². The Bertz CT molecular complexity index is 3830. The molecule has 0 aliphatic rings. The van der Waals surface area contributed by atoms with Crippen LogP contribution in [0.3, 0.4) is 0 Å². The molecule has 0 saturated carbocycles. The van der Waals surface area contributed by atoms with Crippen molar-refractivity contribution in [2.75, 3.05) is 4.90 Å². The van der Waals surface area contributed by atoms with Gasteiger partial charge < -0.3 is 13.9 Å². The fraction of sp³-hybridized carbons (Fsp3) is 0. The molecule has 11 aromatic carbocycles. The minimum atomic E-state index is -2.71. The summed E-state index contributed by atoms with van der Waals surface area (Å²) in [5.41, 5.74) is 13.0. The molecule has 330 valence electrons. The molecule has 0 unspecified atom stereocenters. The van der Waals surface area contributed by atoms with E-state index in [1.165, 1.54) is 59.2 Å². The number of furan rings is 1. The van der Waals surface area contributed by atoms with E-state index < -0.39 is 8.07 Å². The van der Waals surface area contributed by atoms with Crippen LogP contribution in [-0.2, 0) is 0 Å². The molecule has 0 aliphatic heterocycles.